The van der Waals surface area contributed by atoms with Gasteiger partial charge in [-0.3, -0.25) is 0 Å². The van der Waals surface area contributed by atoms with Crippen LogP contribution in [0.4, 0.5) is 10.5 Å². The first-order chi connectivity index (χ1) is 12.8. The number of amides is 2. The van der Waals surface area contributed by atoms with E-state index >= 15 is 0 Å². The molecule has 0 aliphatic heterocycles. The van der Waals surface area contributed by atoms with Gasteiger partial charge in [0.05, 0.1) is 17.9 Å². The van der Waals surface area contributed by atoms with E-state index < -0.39 is 0 Å². The second-order valence-corrected chi connectivity index (χ2v) is 7.47. The third-order valence-electron chi connectivity index (χ3n) is 4.75. The van der Waals surface area contributed by atoms with Gasteiger partial charge in [-0.25, -0.2) is 14.5 Å². The molecule has 1 fully saturated rings. The van der Waals surface area contributed by atoms with Crippen molar-refractivity contribution in [1.82, 2.24) is 20.1 Å². The van der Waals surface area contributed by atoms with Crippen molar-refractivity contribution in [3.63, 3.8) is 0 Å². The fourth-order valence-electron chi connectivity index (χ4n) is 3.49. The number of hydrogen-bond acceptors (Lipinski definition) is 4. The van der Waals surface area contributed by atoms with Crippen molar-refractivity contribution < 1.29 is 4.79 Å². The Morgan fingerprint density at radius 2 is 2.12 bits per heavy atom. The molecule has 4 rings (SSSR count). The van der Waals surface area contributed by atoms with E-state index in [0.717, 1.165) is 0 Å². The van der Waals surface area contributed by atoms with Crippen LogP contribution in [0.25, 0.3) is 5.82 Å². The molecule has 1 aliphatic carbocycles. The van der Waals surface area contributed by atoms with Crippen molar-refractivity contribution in [2.75, 3.05) is 5.32 Å². The minimum Gasteiger partial charge on any atom is -0.330 e. The van der Waals surface area contributed by atoms with Gasteiger partial charge in [0.25, 0.3) is 0 Å². The number of rotatable bonds is 5. The summed E-state index contributed by atoms with van der Waals surface area (Å²) in [4.78, 5) is 18.1. The van der Waals surface area contributed by atoms with Gasteiger partial charge in [-0.2, -0.15) is 5.10 Å². The zero-order chi connectivity index (χ0) is 17.8. The van der Waals surface area contributed by atoms with Gasteiger partial charge >= 0.3 is 6.03 Å². The molecule has 2 amide bonds. The molecule has 1 saturated carbocycles. The highest BCUT2D eigenvalue weighted by molar-refractivity contribution is 7.10. The fraction of sp³-hybridized carbons (Fsp3) is 0.316. The van der Waals surface area contributed by atoms with Crippen LogP contribution < -0.4 is 10.6 Å². The Balaban J connectivity index is 1.42. The quantitative estimate of drug-likeness (QED) is 0.703. The smallest absolute Gasteiger partial charge is 0.319 e. The Bertz CT molecular complexity index is 823. The lowest BCUT2D eigenvalue weighted by atomic mass is 9.97. The van der Waals surface area contributed by atoms with Gasteiger partial charge in [-0.15, -0.1) is 11.3 Å². The van der Waals surface area contributed by atoms with Crippen molar-refractivity contribution in [3.05, 3.63) is 59.2 Å². The molecule has 1 atom stereocenters. The summed E-state index contributed by atoms with van der Waals surface area (Å²) in [6.45, 7) is 0. The van der Waals surface area contributed by atoms with Crippen molar-refractivity contribution in [2.24, 2.45) is 5.92 Å². The molecule has 0 saturated heterocycles. The molecular weight excluding hydrogens is 346 g/mol. The molecular formula is C19H21N5OS. The summed E-state index contributed by atoms with van der Waals surface area (Å²) in [7, 11) is 0. The minimum atomic E-state index is -0.191. The van der Waals surface area contributed by atoms with Gasteiger partial charge in [0, 0.05) is 17.3 Å². The minimum absolute atomic E-state index is 0.0776. The number of nitrogens with zero attached hydrogens (tertiary/aromatic N) is 3. The number of hydrogen-bond donors (Lipinski definition) is 2. The third-order valence-corrected chi connectivity index (χ3v) is 5.71. The molecule has 3 heterocycles. The standard InChI is InChI=1S/C19H21N5OS/c25-19(22-15-8-9-17(20-13-15)24-11-4-10-21-24)23-18(14-5-1-2-6-14)16-7-3-12-26-16/h3-4,7-14,18H,1-2,5-6H2,(H2,22,23,25). The zero-order valence-corrected chi connectivity index (χ0v) is 15.2. The number of carbonyl (C=O) groups is 1. The molecule has 1 aliphatic rings. The topological polar surface area (TPSA) is 71.8 Å². The number of carbonyl (C=O) groups excluding carboxylic acids is 1. The molecule has 6 nitrogen and oxygen atoms in total. The molecule has 2 N–H and O–H groups in total. The van der Waals surface area contributed by atoms with Crippen LogP contribution in [-0.2, 0) is 0 Å². The van der Waals surface area contributed by atoms with E-state index in [9.17, 15) is 4.79 Å². The second kappa shape index (κ2) is 7.70. The monoisotopic (exact) mass is 367 g/mol. The average Bonchev–Trinajstić information content (AvgIpc) is 3.44. The molecule has 0 bridgehead atoms. The maximum Gasteiger partial charge on any atom is 0.319 e. The molecule has 3 aromatic rings. The van der Waals surface area contributed by atoms with Gasteiger partial charge in [0.15, 0.2) is 5.82 Å². The highest BCUT2D eigenvalue weighted by Crippen LogP contribution is 2.37. The van der Waals surface area contributed by atoms with E-state index in [-0.39, 0.29) is 12.1 Å². The Labute approximate surface area is 156 Å². The first-order valence-corrected chi connectivity index (χ1v) is 9.74. The van der Waals surface area contributed by atoms with Crippen LogP contribution in [-0.4, -0.2) is 20.8 Å². The van der Waals surface area contributed by atoms with Crippen LogP contribution in [0.3, 0.4) is 0 Å². The van der Waals surface area contributed by atoms with Crippen LogP contribution in [0.15, 0.2) is 54.3 Å². The summed E-state index contributed by atoms with van der Waals surface area (Å²) >= 11 is 1.70. The summed E-state index contributed by atoms with van der Waals surface area (Å²) in [5, 5.41) is 12.3. The Kier molecular flexibility index (Phi) is 4.97. The van der Waals surface area contributed by atoms with E-state index in [4.69, 9.17) is 0 Å². The second-order valence-electron chi connectivity index (χ2n) is 6.49. The van der Waals surface area contributed by atoms with Gasteiger partial charge in [0.1, 0.15) is 0 Å². The van der Waals surface area contributed by atoms with Crippen LogP contribution >= 0.6 is 11.3 Å². The van der Waals surface area contributed by atoms with Gasteiger partial charge < -0.3 is 10.6 Å². The summed E-state index contributed by atoms with van der Waals surface area (Å²) in [6.07, 6.45) is 10.0. The van der Waals surface area contributed by atoms with Crippen molar-refractivity contribution in [2.45, 2.75) is 31.7 Å². The highest BCUT2D eigenvalue weighted by Gasteiger charge is 2.28. The van der Waals surface area contributed by atoms with Crippen LogP contribution in [0.5, 0.6) is 0 Å². The predicted molar refractivity (Wildman–Crippen MR) is 103 cm³/mol. The van der Waals surface area contributed by atoms with Gasteiger partial charge in [-0.05, 0) is 48.4 Å². The number of pyridine rings is 1. The lowest BCUT2D eigenvalue weighted by molar-refractivity contribution is 0.243. The van der Waals surface area contributed by atoms with Gasteiger partial charge in [0.2, 0.25) is 0 Å². The third kappa shape index (κ3) is 3.77. The summed E-state index contributed by atoms with van der Waals surface area (Å²) in [5.74, 6) is 1.23. The first kappa shape index (κ1) is 16.8. The molecule has 3 aromatic heterocycles. The lowest BCUT2D eigenvalue weighted by Crippen LogP contribution is -2.35. The van der Waals surface area contributed by atoms with Crippen LogP contribution in [0.1, 0.15) is 36.6 Å². The normalized spacial score (nSPS) is 15.7. The maximum atomic E-state index is 12.5. The molecule has 134 valence electrons. The SMILES string of the molecule is O=C(Nc1ccc(-n2cccn2)nc1)NC(c1cccs1)C1CCCC1. The van der Waals surface area contributed by atoms with Crippen LogP contribution in [0.2, 0.25) is 0 Å². The maximum absolute atomic E-state index is 12.5. The number of urea groups is 1. The van der Waals surface area contributed by atoms with Crippen molar-refractivity contribution in [3.8, 4) is 5.82 Å². The molecule has 7 heteroatoms. The van der Waals surface area contributed by atoms with E-state index in [1.165, 1.54) is 30.6 Å². The summed E-state index contributed by atoms with van der Waals surface area (Å²) < 4.78 is 1.68. The van der Waals surface area contributed by atoms with E-state index in [1.54, 1.807) is 28.4 Å². The largest absolute Gasteiger partial charge is 0.330 e. The number of thiophene rings is 1. The zero-order valence-electron chi connectivity index (χ0n) is 14.3. The molecule has 0 spiro atoms. The van der Waals surface area contributed by atoms with Crippen molar-refractivity contribution >= 4 is 23.1 Å². The van der Waals surface area contributed by atoms with E-state index in [1.807, 2.05) is 30.5 Å². The Morgan fingerprint density at radius 1 is 1.23 bits per heavy atom. The Hall–Kier alpha value is -2.67. The lowest BCUT2D eigenvalue weighted by Gasteiger charge is -2.24. The van der Waals surface area contributed by atoms with E-state index in [2.05, 4.69) is 32.2 Å². The highest BCUT2D eigenvalue weighted by atomic mass is 32.1. The molecule has 1 unspecified atom stereocenters. The summed E-state index contributed by atoms with van der Waals surface area (Å²) in [6, 6.07) is 9.54. The number of nitrogens with one attached hydrogen (secondary N) is 2. The number of aromatic nitrogens is 3. The van der Waals surface area contributed by atoms with Crippen LogP contribution in [0, 0.1) is 5.92 Å². The first-order valence-electron chi connectivity index (χ1n) is 8.86. The molecule has 26 heavy (non-hydrogen) atoms. The Morgan fingerprint density at radius 3 is 2.77 bits per heavy atom. The number of anilines is 1. The van der Waals surface area contributed by atoms with Crippen molar-refractivity contribution in [1.29, 1.82) is 0 Å². The average molecular weight is 367 g/mol. The van der Waals surface area contributed by atoms with Gasteiger partial charge in [-0.1, -0.05) is 18.9 Å². The molecule has 0 radical (unpaired) electrons. The molecule has 0 aromatic carbocycles. The van der Waals surface area contributed by atoms with E-state index in [0.29, 0.717) is 17.4 Å². The summed E-state index contributed by atoms with van der Waals surface area (Å²) in [5.41, 5.74) is 0.662. The fourth-order valence-corrected chi connectivity index (χ4v) is 4.36. The predicted octanol–water partition coefficient (Wildman–Crippen LogP) is 4.38.